The summed E-state index contributed by atoms with van der Waals surface area (Å²) < 4.78 is 2.20. The van der Waals surface area contributed by atoms with Gasteiger partial charge < -0.3 is 4.90 Å². The number of carbonyl (C=O) groups excluding carboxylic acids is 1. The summed E-state index contributed by atoms with van der Waals surface area (Å²) >= 11 is 1.92. The lowest BCUT2D eigenvalue weighted by molar-refractivity contribution is -0.425. The Hall–Kier alpha value is -1.81. The van der Waals surface area contributed by atoms with E-state index in [-0.39, 0.29) is 11.2 Å². The van der Waals surface area contributed by atoms with Crippen molar-refractivity contribution in [3.05, 3.63) is 53.1 Å². The van der Waals surface area contributed by atoms with E-state index in [2.05, 4.69) is 72.7 Å². The van der Waals surface area contributed by atoms with Gasteiger partial charge in [-0.25, -0.2) is 0 Å². The summed E-state index contributed by atoms with van der Waals surface area (Å²) in [5.41, 5.74) is 3.55. The molecule has 0 unspecified atom stereocenters. The summed E-state index contributed by atoms with van der Waals surface area (Å²) in [4.78, 5) is 14.6. The fourth-order valence-electron chi connectivity index (χ4n) is 3.75. The van der Waals surface area contributed by atoms with Crippen LogP contribution in [0, 0.1) is 0 Å². The lowest BCUT2D eigenvalue weighted by Gasteiger charge is -2.16. The van der Waals surface area contributed by atoms with E-state index in [1.54, 1.807) is 0 Å². The molecule has 4 heteroatoms. The van der Waals surface area contributed by atoms with Gasteiger partial charge in [-0.2, -0.15) is 4.58 Å². The van der Waals surface area contributed by atoms with E-state index in [1.807, 2.05) is 18.7 Å². The summed E-state index contributed by atoms with van der Waals surface area (Å²) in [5, 5.41) is 1.34. The third-order valence-corrected chi connectivity index (χ3v) is 6.40. The van der Waals surface area contributed by atoms with Gasteiger partial charge in [0, 0.05) is 43.0 Å². The predicted molar refractivity (Wildman–Crippen MR) is 111 cm³/mol. The van der Waals surface area contributed by atoms with Crippen LogP contribution in [0.15, 0.2) is 47.5 Å². The minimum atomic E-state index is -0.104. The molecule has 0 aromatic heterocycles. The maximum absolute atomic E-state index is 12.2. The van der Waals surface area contributed by atoms with Crippen molar-refractivity contribution in [2.24, 2.45) is 0 Å². The number of nitrogens with zero attached hydrogens (tertiary/aromatic N) is 2. The zero-order valence-electron chi connectivity index (χ0n) is 16.3. The van der Waals surface area contributed by atoms with Crippen molar-refractivity contribution < 1.29 is 9.37 Å². The second kappa shape index (κ2) is 7.83. The van der Waals surface area contributed by atoms with Gasteiger partial charge in [0.15, 0.2) is 11.5 Å². The topological polar surface area (TPSA) is 23.3 Å². The molecule has 0 aliphatic carbocycles. The Morgan fingerprint density at radius 1 is 1.31 bits per heavy atom. The van der Waals surface area contributed by atoms with Gasteiger partial charge in [-0.3, -0.25) is 4.79 Å². The second-order valence-electron chi connectivity index (χ2n) is 7.30. The molecule has 3 rings (SSSR count). The van der Waals surface area contributed by atoms with Gasteiger partial charge in [-0.05, 0) is 26.8 Å². The molecular formula is C22H29N2OS+. The van der Waals surface area contributed by atoms with E-state index in [4.69, 9.17) is 0 Å². The molecule has 0 atom stereocenters. The van der Waals surface area contributed by atoms with Crippen molar-refractivity contribution in [3.8, 4) is 0 Å². The number of rotatable bonds is 6. The summed E-state index contributed by atoms with van der Waals surface area (Å²) in [5.74, 6) is 1.43. The van der Waals surface area contributed by atoms with Crippen LogP contribution in [-0.4, -0.2) is 46.4 Å². The van der Waals surface area contributed by atoms with Crippen molar-refractivity contribution in [1.82, 2.24) is 4.90 Å². The van der Waals surface area contributed by atoms with E-state index in [0.29, 0.717) is 13.0 Å². The van der Waals surface area contributed by atoms with Crippen LogP contribution in [0.1, 0.15) is 39.7 Å². The minimum absolute atomic E-state index is 0.104. The molecule has 1 saturated heterocycles. The largest absolute Gasteiger partial charge is 0.366 e. The smallest absolute Gasteiger partial charge is 0.210 e. The number of benzene rings is 1. The van der Waals surface area contributed by atoms with Gasteiger partial charge in [0.1, 0.15) is 0 Å². The predicted octanol–water partition coefficient (Wildman–Crippen LogP) is 4.51. The quantitative estimate of drug-likeness (QED) is 0.689. The van der Waals surface area contributed by atoms with Crippen molar-refractivity contribution in [2.75, 3.05) is 25.4 Å². The van der Waals surface area contributed by atoms with E-state index >= 15 is 0 Å². The Morgan fingerprint density at radius 2 is 2.08 bits per heavy atom. The SMILES string of the molecule is CCC(=O)C[N+]1=C(/C=C/C=C2\SCCN2CC)C(C)(C)c2ccccc21. The molecule has 1 aromatic carbocycles. The van der Waals surface area contributed by atoms with Crippen molar-refractivity contribution >= 4 is 28.9 Å². The maximum atomic E-state index is 12.2. The molecule has 3 nitrogen and oxygen atoms in total. The highest BCUT2D eigenvalue weighted by atomic mass is 32.2. The first-order chi connectivity index (χ1) is 12.5. The molecule has 2 heterocycles. The normalized spacial score (nSPS) is 20.5. The Labute approximate surface area is 161 Å². The number of ketones is 1. The Kier molecular flexibility index (Phi) is 5.71. The first-order valence-electron chi connectivity index (χ1n) is 9.51. The second-order valence-corrected chi connectivity index (χ2v) is 8.41. The van der Waals surface area contributed by atoms with E-state index < -0.39 is 0 Å². The number of hydrogen-bond acceptors (Lipinski definition) is 3. The third-order valence-electron chi connectivity index (χ3n) is 5.33. The van der Waals surface area contributed by atoms with Crippen LogP contribution in [-0.2, 0) is 10.2 Å². The number of fused-ring (bicyclic) bond motifs is 1. The number of para-hydroxylation sites is 1. The minimum Gasteiger partial charge on any atom is -0.366 e. The highest BCUT2D eigenvalue weighted by Crippen LogP contribution is 2.39. The van der Waals surface area contributed by atoms with Crippen molar-refractivity contribution in [2.45, 2.75) is 39.5 Å². The molecule has 138 valence electrons. The molecule has 2 aliphatic rings. The highest BCUT2D eigenvalue weighted by molar-refractivity contribution is 8.03. The summed E-state index contributed by atoms with van der Waals surface area (Å²) in [7, 11) is 0. The van der Waals surface area contributed by atoms with Crippen LogP contribution >= 0.6 is 11.8 Å². The Morgan fingerprint density at radius 3 is 2.81 bits per heavy atom. The third kappa shape index (κ3) is 3.52. The molecule has 0 N–H and O–H groups in total. The van der Waals surface area contributed by atoms with E-state index in [1.165, 1.54) is 16.3 Å². The standard InChI is InChI=1S/C22H29N2OS/c1-5-17(25)16-24-19-11-8-7-10-18(19)22(3,4)20(24)12-9-13-21-23(6-2)14-15-26-21/h7-13H,5-6,14-16H2,1-4H3/q+1. The van der Waals surface area contributed by atoms with Gasteiger partial charge in [0.25, 0.3) is 0 Å². The molecule has 0 amide bonds. The zero-order valence-corrected chi connectivity index (χ0v) is 17.1. The van der Waals surface area contributed by atoms with Gasteiger partial charge in [-0.1, -0.05) is 31.2 Å². The first-order valence-corrected chi connectivity index (χ1v) is 10.5. The fraction of sp³-hybridized carbons (Fsp3) is 0.455. The molecule has 0 radical (unpaired) electrons. The molecule has 1 fully saturated rings. The zero-order chi connectivity index (χ0) is 18.7. The highest BCUT2D eigenvalue weighted by Gasteiger charge is 2.44. The lowest BCUT2D eigenvalue weighted by atomic mass is 9.81. The summed E-state index contributed by atoms with van der Waals surface area (Å²) in [6, 6.07) is 8.46. The molecular weight excluding hydrogens is 340 g/mol. The van der Waals surface area contributed by atoms with Crippen LogP contribution < -0.4 is 0 Å². The molecule has 0 spiro atoms. The van der Waals surface area contributed by atoms with Crippen molar-refractivity contribution in [1.29, 1.82) is 0 Å². The van der Waals surface area contributed by atoms with Crippen LogP contribution in [0.5, 0.6) is 0 Å². The average molecular weight is 370 g/mol. The fourth-order valence-corrected chi connectivity index (χ4v) is 4.85. The molecule has 2 aliphatic heterocycles. The van der Waals surface area contributed by atoms with Crippen LogP contribution in [0.25, 0.3) is 0 Å². The number of thioether (sulfide) groups is 1. The van der Waals surface area contributed by atoms with Crippen LogP contribution in [0.3, 0.4) is 0 Å². The number of carbonyl (C=O) groups is 1. The van der Waals surface area contributed by atoms with Crippen LogP contribution in [0.2, 0.25) is 0 Å². The number of allylic oxidation sites excluding steroid dienone is 3. The molecule has 26 heavy (non-hydrogen) atoms. The Bertz CT molecular complexity index is 789. The van der Waals surface area contributed by atoms with E-state index in [9.17, 15) is 4.79 Å². The number of hydrogen-bond donors (Lipinski definition) is 0. The molecule has 0 saturated carbocycles. The van der Waals surface area contributed by atoms with Gasteiger partial charge in [0.05, 0.1) is 10.4 Å². The molecule has 1 aromatic rings. The van der Waals surface area contributed by atoms with Gasteiger partial charge in [-0.15, -0.1) is 11.8 Å². The monoisotopic (exact) mass is 369 g/mol. The average Bonchev–Trinajstić information content (AvgIpc) is 3.18. The first kappa shape index (κ1) is 19.0. The maximum Gasteiger partial charge on any atom is 0.210 e. The van der Waals surface area contributed by atoms with Gasteiger partial charge >= 0.3 is 0 Å². The lowest BCUT2D eigenvalue weighted by Crippen LogP contribution is -2.29. The van der Waals surface area contributed by atoms with Gasteiger partial charge in [0.2, 0.25) is 12.2 Å². The molecule has 0 bridgehead atoms. The number of Topliss-reactive ketones (excluding diaryl/α,β-unsaturated/α-hetero) is 1. The summed E-state index contributed by atoms with van der Waals surface area (Å²) in [6.45, 7) is 11.3. The van der Waals surface area contributed by atoms with E-state index in [0.717, 1.165) is 24.5 Å². The van der Waals surface area contributed by atoms with Crippen LogP contribution in [0.4, 0.5) is 5.69 Å². The summed E-state index contributed by atoms with van der Waals surface area (Å²) in [6.07, 6.45) is 7.14. The Balaban J connectivity index is 1.98. The van der Waals surface area contributed by atoms with Crippen molar-refractivity contribution in [3.63, 3.8) is 0 Å².